The highest BCUT2D eigenvalue weighted by atomic mass is 16.4. The van der Waals surface area contributed by atoms with Crippen LogP contribution in [0.5, 0.6) is 0 Å². The van der Waals surface area contributed by atoms with Crippen molar-refractivity contribution in [3.05, 3.63) is 18.7 Å². The van der Waals surface area contributed by atoms with Crippen LogP contribution in [0, 0.1) is 5.92 Å². The molecule has 1 aromatic heterocycles. The van der Waals surface area contributed by atoms with Crippen LogP contribution in [0.2, 0.25) is 0 Å². The molecule has 0 radical (unpaired) electrons. The molecule has 1 aliphatic heterocycles. The molecule has 0 aliphatic carbocycles. The van der Waals surface area contributed by atoms with E-state index in [-0.39, 0.29) is 18.2 Å². The molecule has 0 aromatic carbocycles. The molecular formula is C14H21N3O3. The molecule has 6 nitrogen and oxygen atoms in total. The van der Waals surface area contributed by atoms with E-state index < -0.39 is 5.97 Å². The number of unbranched alkanes of at least 4 members (excludes halogenated alkanes) is 1. The van der Waals surface area contributed by atoms with Crippen molar-refractivity contribution in [1.29, 1.82) is 0 Å². The molecule has 1 fully saturated rings. The number of carboxylic acid groups (broad SMARTS) is 1. The first kappa shape index (κ1) is 14.6. The molecule has 2 rings (SSSR count). The van der Waals surface area contributed by atoms with Crippen molar-refractivity contribution in [2.24, 2.45) is 5.92 Å². The van der Waals surface area contributed by atoms with Crippen LogP contribution in [0.4, 0.5) is 0 Å². The number of aromatic nitrogens is 2. The summed E-state index contributed by atoms with van der Waals surface area (Å²) >= 11 is 0. The van der Waals surface area contributed by atoms with Crippen LogP contribution in [0.3, 0.4) is 0 Å². The number of carboxylic acids is 1. The Kier molecular flexibility index (Phi) is 5.15. The van der Waals surface area contributed by atoms with Gasteiger partial charge in [-0.25, -0.2) is 4.98 Å². The van der Waals surface area contributed by atoms with Crippen LogP contribution < -0.4 is 0 Å². The third kappa shape index (κ3) is 4.08. The molecule has 1 saturated heterocycles. The number of likely N-dealkylation sites (tertiary alicyclic amines) is 1. The molecular weight excluding hydrogens is 258 g/mol. The van der Waals surface area contributed by atoms with Gasteiger partial charge in [0.15, 0.2) is 0 Å². The average Bonchev–Trinajstić information content (AvgIpc) is 2.91. The number of carbonyl (C=O) groups is 2. The van der Waals surface area contributed by atoms with Crippen LogP contribution in [0.15, 0.2) is 18.7 Å². The summed E-state index contributed by atoms with van der Waals surface area (Å²) in [6, 6.07) is 0. The van der Waals surface area contributed by atoms with E-state index in [4.69, 9.17) is 5.11 Å². The van der Waals surface area contributed by atoms with Gasteiger partial charge >= 0.3 is 5.97 Å². The molecule has 1 amide bonds. The lowest BCUT2D eigenvalue weighted by Crippen LogP contribution is -2.42. The smallest absolute Gasteiger partial charge is 0.304 e. The van der Waals surface area contributed by atoms with E-state index >= 15 is 0 Å². The maximum absolute atomic E-state index is 12.1. The average molecular weight is 279 g/mol. The summed E-state index contributed by atoms with van der Waals surface area (Å²) in [6.07, 6.45) is 8.97. The number of hydrogen-bond acceptors (Lipinski definition) is 3. The SMILES string of the molecule is O=C(O)CC1CCCN(CCCCn2ccnc2)C1=O. The number of rotatable bonds is 7. The van der Waals surface area contributed by atoms with E-state index in [1.807, 2.05) is 15.7 Å². The lowest BCUT2D eigenvalue weighted by Gasteiger charge is -2.31. The number of hydrogen-bond donors (Lipinski definition) is 1. The fraction of sp³-hybridized carbons (Fsp3) is 0.643. The largest absolute Gasteiger partial charge is 0.481 e. The highest BCUT2D eigenvalue weighted by Crippen LogP contribution is 2.21. The monoisotopic (exact) mass is 279 g/mol. The first-order chi connectivity index (χ1) is 9.66. The van der Waals surface area contributed by atoms with E-state index in [0.717, 1.165) is 38.9 Å². The Balaban J connectivity index is 1.71. The van der Waals surface area contributed by atoms with Gasteiger partial charge in [-0.2, -0.15) is 0 Å². The summed E-state index contributed by atoms with van der Waals surface area (Å²) in [5.41, 5.74) is 0. The molecule has 0 saturated carbocycles. The summed E-state index contributed by atoms with van der Waals surface area (Å²) in [4.78, 5) is 28.7. The maximum atomic E-state index is 12.1. The van der Waals surface area contributed by atoms with Crippen molar-refractivity contribution in [1.82, 2.24) is 14.5 Å². The molecule has 1 aromatic rings. The van der Waals surface area contributed by atoms with Crippen molar-refractivity contribution >= 4 is 11.9 Å². The maximum Gasteiger partial charge on any atom is 0.304 e. The van der Waals surface area contributed by atoms with Crippen LogP contribution in [0.1, 0.15) is 32.1 Å². The Hall–Kier alpha value is -1.85. The van der Waals surface area contributed by atoms with Crippen molar-refractivity contribution < 1.29 is 14.7 Å². The zero-order valence-electron chi connectivity index (χ0n) is 11.6. The molecule has 6 heteroatoms. The standard InChI is InChI=1S/C14H21N3O3/c18-13(19)10-12-4-3-8-17(14(12)20)7-2-1-6-16-9-5-15-11-16/h5,9,11-12H,1-4,6-8,10H2,(H,18,19). The number of carbonyl (C=O) groups excluding carboxylic acids is 1. The van der Waals surface area contributed by atoms with Crippen molar-refractivity contribution in [2.75, 3.05) is 13.1 Å². The van der Waals surface area contributed by atoms with Gasteiger partial charge in [0.2, 0.25) is 5.91 Å². The highest BCUT2D eigenvalue weighted by Gasteiger charge is 2.29. The van der Waals surface area contributed by atoms with E-state index in [0.29, 0.717) is 6.42 Å². The Morgan fingerprint density at radius 1 is 1.40 bits per heavy atom. The molecule has 1 unspecified atom stereocenters. The lowest BCUT2D eigenvalue weighted by atomic mass is 9.93. The molecule has 1 atom stereocenters. The second kappa shape index (κ2) is 7.07. The van der Waals surface area contributed by atoms with Crippen LogP contribution in [-0.4, -0.2) is 44.5 Å². The van der Waals surface area contributed by atoms with E-state index in [2.05, 4.69) is 4.98 Å². The van der Waals surface area contributed by atoms with E-state index in [9.17, 15) is 9.59 Å². The van der Waals surface area contributed by atoms with Gasteiger partial charge in [-0.05, 0) is 25.7 Å². The minimum atomic E-state index is -0.884. The number of piperidine rings is 1. The van der Waals surface area contributed by atoms with Crippen LogP contribution in [-0.2, 0) is 16.1 Å². The van der Waals surface area contributed by atoms with Gasteiger partial charge in [-0.15, -0.1) is 0 Å². The molecule has 2 heterocycles. The number of aliphatic carboxylic acids is 1. The first-order valence-electron chi connectivity index (χ1n) is 7.13. The van der Waals surface area contributed by atoms with Crippen LogP contribution in [0.25, 0.3) is 0 Å². The number of amides is 1. The second-order valence-electron chi connectivity index (χ2n) is 5.27. The first-order valence-corrected chi connectivity index (χ1v) is 7.13. The number of aryl methyl sites for hydroxylation is 1. The lowest BCUT2D eigenvalue weighted by molar-refractivity contribution is -0.146. The van der Waals surface area contributed by atoms with Crippen molar-refractivity contribution in [2.45, 2.75) is 38.6 Å². The predicted octanol–water partition coefficient (Wildman–Crippen LogP) is 1.38. The molecule has 110 valence electrons. The van der Waals surface area contributed by atoms with Crippen LogP contribution >= 0.6 is 0 Å². The fourth-order valence-corrected chi connectivity index (χ4v) is 2.66. The van der Waals surface area contributed by atoms with Crippen molar-refractivity contribution in [3.8, 4) is 0 Å². The summed E-state index contributed by atoms with van der Waals surface area (Å²) in [5.74, 6) is -1.19. The Morgan fingerprint density at radius 2 is 2.20 bits per heavy atom. The molecule has 0 bridgehead atoms. The quantitative estimate of drug-likeness (QED) is 0.765. The molecule has 1 aliphatic rings. The Labute approximate surface area is 118 Å². The van der Waals surface area contributed by atoms with E-state index in [1.54, 1.807) is 12.5 Å². The van der Waals surface area contributed by atoms with Gasteiger partial charge < -0.3 is 14.6 Å². The Morgan fingerprint density at radius 3 is 2.90 bits per heavy atom. The normalized spacial score (nSPS) is 19.3. The third-order valence-corrected chi connectivity index (χ3v) is 3.72. The number of nitrogens with zero attached hydrogens (tertiary/aromatic N) is 3. The summed E-state index contributed by atoms with van der Waals surface area (Å²) in [6.45, 7) is 2.39. The number of imidazole rings is 1. The van der Waals surface area contributed by atoms with Gasteiger partial charge in [0, 0.05) is 37.9 Å². The summed E-state index contributed by atoms with van der Waals surface area (Å²) in [7, 11) is 0. The predicted molar refractivity (Wildman–Crippen MR) is 73.0 cm³/mol. The molecule has 20 heavy (non-hydrogen) atoms. The van der Waals surface area contributed by atoms with Gasteiger partial charge in [-0.3, -0.25) is 9.59 Å². The molecule has 0 spiro atoms. The van der Waals surface area contributed by atoms with Gasteiger partial charge in [0.05, 0.1) is 12.7 Å². The molecule has 1 N–H and O–H groups in total. The zero-order valence-corrected chi connectivity index (χ0v) is 11.6. The third-order valence-electron chi connectivity index (χ3n) is 3.72. The van der Waals surface area contributed by atoms with Gasteiger partial charge in [-0.1, -0.05) is 0 Å². The zero-order chi connectivity index (χ0) is 14.4. The van der Waals surface area contributed by atoms with E-state index in [1.165, 1.54) is 0 Å². The summed E-state index contributed by atoms with van der Waals surface area (Å²) < 4.78 is 2.02. The fourth-order valence-electron chi connectivity index (χ4n) is 2.66. The topological polar surface area (TPSA) is 75.4 Å². The second-order valence-corrected chi connectivity index (χ2v) is 5.27. The minimum Gasteiger partial charge on any atom is -0.481 e. The Bertz CT molecular complexity index is 445. The minimum absolute atomic E-state index is 0.0151. The highest BCUT2D eigenvalue weighted by molar-refractivity contribution is 5.83. The van der Waals surface area contributed by atoms with Gasteiger partial charge in [0.25, 0.3) is 0 Å². The van der Waals surface area contributed by atoms with Crippen molar-refractivity contribution in [3.63, 3.8) is 0 Å². The van der Waals surface area contributed by atoms with Gasteiger partial charge in [0.1, 0.15) is 0 Å². The summed E-state index contributed by atoms with van der Waals surface area (Å²) in [5, 5.41) is 8.81.